The summed E-state index contributed by atoms with van der Waals surface area (Å²) in [4.78, 5) is 16.8. The second kappa shape index (κ2) is 5.75. The lowest BCUT2D eigenvalue weighted by Gasteiger charge is -2.10. The van der Waals surface area contributed by atoms with Crippen LogP contribution in [0.3, 0.4) is 0 Å². The molecular weight excluding hydrogens is 264 g/mol. The van der Waals surface area contributed by atoms with Gasteiger partial charge in [0, 0.05) is 23.7 Å². The Morgan fingerprint density at radius 2 is 2.05 bits per heavy atom. The SMILES string of the molecule is CCNc1ncccc1Cn1ncc2ccccc2c1=O. The van der Waals surface area contributed by atoms with Crippen molar-refractivity contribution < 1.29 is 0 Å². The van der Waals surface area contributed by atoms with Crippen LogP contribution in [0.15, 0.2) is 53.6 Å². The Bertz CT molecular complexity index is 826. The normalized spacial score (nSPS) is 10.7. The molecule has 0 aliphatic carbocycles. The number of aromatic nitrogens is 3. The summed E-state index contributed by atoms with van der Waals surface area (Å²) in [5.74, 6) is 0.793. The van der Waals surface area contributed by atoms with Crippen LogP contribution in [0.5, 0.6) is 0 Å². The van der Waals surface area contributed by atoms with Crippen molar-refractivity contribution in [2.45, 2.75) is 13.5 Å². The molecule has 0 amide bonds. The number of pyridine rings is 1. The van der Waals surface area contributed by atoms with E-state index in [9.17, 15) is 4.79 Å². The van der Waals surface area contributed by atoms with Gasteiger partial charge in [0.25, 0.3) is 5.56 Å². The zero-order valence-corrected chi connectivity index (χ0v) is 11.8. The second-order valence-corrected chi connectivity index (χ2v) is 4.74. The summed E-state index contributed by atoms with van der Waals surface area (Å²) in [5, 5.41) is 8.99. The molecule has 1 aromatic carbocycles. The van der Waals surface area contributed by atoms with Crippen LogP contribution >= 0.6 is 0 Å². The maximum atomic E-state index is 12.5. The zero-order valence-electron chi connectivity index (χ0n) is 11.8. The molecule has 1 N–H and O–H groups in total. The third kappa shape index (κ3) is 2.63. The van der Waals surface area contributed by atoms with Gasteiger partial charge < -0.3 is 5.32 Å². The van der Waals surface area contributed by atoms with Crippen LogP contribution in [0.1, 0.15) is 12.5 Å². The number of hydrogen-bond donors (Lipinski definition) is 1. The molecule has 5 heteroatoms. The van der Waals surface area contributed by atoms with Gasteiger partial charge >= 0.3 is 0 Å². The molecule has 0 saturated carbocycles. The van der Waals surface area contributed by atoms with E-state index in [1.54, 1.807) is 12.4 Å². The molecular formula is C16H16N4O. The fourth-order valence-electron chi connectivity index (χ4n) is 2.29. The van der Waals surface area contributed by atoms with Gasteiger partial charge in [-0.25, -0.2) is 9.67 Å². The number of benzene rings is 1. The summed E-state index contributed by atoms with van der Waals surface area (Å²) in [7, 11) is 0. The predicted molar refractivity (Wildman–Crippen MR) is 83.5 cm³/mol. The standard InChI is InChI=1S/C16H16N4O/c1-2-17-15-13(7-5-9-18-15)11-20-16(21)14-8-4-3-6-12(14)10-19-20/h3-10H,2,11H2,1H3,(H,17,18). The van der Waals surface area contributed by atoms with Crippen molar-refractivity contribution in [1.29, 1.82) is 0 Å². The summed E-state index contributed by atoms with van der Waals surface area (Å²) in [6, 6.07) is 11.3. The first-order valence-electron chi connectivity index (χ1n) is 6.92. The number of nitrogens with one attached hydrogen (secondary N) is 1. The highest BCUT2D eigenvalue weighted by Crippen LogP contribution is 2.13. The zero-order chi connectivity index (χ0) is 14.7. The van der Waals surface area contributed by atoms with Crippen LogP contribution in [0.4, 0.5) is 5.82 Å². The van der Waals surface area contributed by atoms with Crippen LogP contribution in [0, 0.1) is 0 Å². The highest BCUT2D eigenvalue weighted by Gasteiger charge is 2.07. The van der Waals surface area contributed by atoms with Crippen molar-refractivity contribution in [3.8, 4) is 0 Å². The van der Waals surface area contributed by atoms with Crippen LogP contribution in [-0.4, -0.2) is 21.3 Å². The number of nitrogens with zero attached hydrogens (tertiary/aromatic N) is 3. The molecule has 0 bridgehead atoms. The van der Waals surface area contributed by atoms with Crippen molar-refractivity contribution in [2.24, 2.45) is 0 Å². The van der Waals surface area contributed by atoms with E-state index < -0.39 is 0 Å². The molecule has 2 heterocycles. The van der Waals surface area contributed by atoms with Crippen molar-refractivity contribution in [3.05, 3.63) is 64.7 Å². The Labute approximate surface area is 122 Å². The van der Waals surface area contributed by atoms with E-state index in [4.69, 9.17) is 0 Å². The fraction of sp³-hybridized carbons (Fsp3) is 0.188. The summed E-state index contributed by atoms with van der Waals surface area (Å²) < 4.78 is 1.47. The molecule has 0 spiro atoms. The van der Waals surface area contributed by atoms with Gasteiger partial charge in [0.2, 0.25) is 0 Å². The fourth-order valence-corrected chi connectivity index (χ4v) is 2.29. The number of fused-ring (bicyclic) bond motifs is 1. The van der Waals surface area contributed by atoms with Crippen molar-refractivity contribution in [2.75, 3.05) is 11.9 Å². The molecule has 2 aromatic heterocycles. The molecule has 5 nitrogen and oxygen atoms in total. The second-order valence-electron chi connectivity index (χ2n) is 4.74. The quantitative estimate of drug-likeness (QED) is 0.796. The van der Waals surface area contributed by atoms with Crippen molar-refractivity contribution >= 4 is 16.6 Å². The van der Waals surface area contributed by atoms with E-state index in [1.807, 2.05) is 43.3 Å². The molecule has 3 rings (SSSR count). The Morgan fingerprint density at radius 3 is 2.90 bits per heavy atom. The summed E-state index contributed by atoms with van der Waals surface area (Å²) >= 11 is 0. The largest absolute Gasteiger partial charge is 0.370 e. The first-order valence-corrected chi connectivity index (χ1v) is 6.92. The van der Waals surface area contributed by atoms with Gasteiger partial charge in [0.1, 0.15) is 5.82 Å². The lowest BCUT2D eigenvalue weighted by Crippen LogP contribution is -2.23. The lowest BCUT2D eigenvalue weighted by molar-refractivity contribution is 0.646. The number of rotatable bonds is 4. The smallest absolute Gasteiger partial charge is 0.274 e. The Hall–Kier alpha value is -2.69. The Kier molecular flexibility index (Phi) is 3.64. The van der Waals surface area contributed by atoms with Gasteiger partial charge in [-0.1, -0.05) is 24.3 Å². The van der Waals surface area contributed by atoms with Crippen LogP contribution in [0.2, 0.25) is 0 Å². The number of hydrogen-bond acceptors (Lipinski definition) is 4. The van der Waals surface area contributed by atoms with E-state index in [1.165, 1.54) is 4.68 Å². The van der Waals surface area contributed by atoms with Crippen LogP contribution in [-0.2, 0) is 6.54 Å². The van der Waals surface area contributed by atoms with E-state index in [-0.39, 0.29) is 5.56 Å². The average Bonchev–Trinajstić information content (AvgIpc) is 2.52. The molecule has 3 aromatic rings. The third-order valence-electron chi connectivity index (χ3n) is 3.32. The molecule has 0 aliphatic rings. The lowest BCUT2D eigenvalue weighted by atomic mass is 10.2. The third-order valence-corrected chi connectivity index (χ3v) is 3.32. The van der Waals surface area contributed by atoms with Gasteiger partial charge in [-0.2, -0.15) is 5.10 Å². The first kappa shape index (κ1) is 13.3. The van der Waals surface area contributed by atoms with E-state index >= 15 is 0 Å². The van der Waals surface area contributed by atoms with Crippen LogP contribution < -0.4 is 10.9 Å². The Balaban J connectivity index is 2.03. The van der Waals surface area contributed by atoms with Gasteiger partial charge in [-0.05, 0) is 19.1 Å². The number of anilines is 1. The molecule has 0 atom stereocenters. The van der Waals surface area contributed by atoms with Gasteiger partial charge in [-0.15, -0.1) is 0 Å². The monoisotopic (exact) mass is 280 g/mol. The molecule has 21 heavy (non-hydrogen) atoms. The summed E-state index contributed by atoms with van der Waals surface area (Å²) in [5.41, 5.74) is 0.864. The van der Waals surface area contributed by atoms with Gasteiger partial charge in [-0.3, -0.25) is 4.79 Å². The van der Waals surface area contributed by atoms with E-state index in [0.717, 1.165) is 23.3 Å². The van der Waals surface area contributed by atoms with Gasteiger partial charge in [0.15, 0.2) is 0 Å². The maximum absolute atomic E-state index is 12.5. The average molecular weight is 280 g/mol. The van der Waals surface area contributed by atoms with E-state index in [0.29, 0.717) is 11.9 Å². The molecule has 0 unspecified atom stereocenters. The van der Waals surface area contributed by atoms with Crippen molar-refractivity contribution in [1.82, 2.24) is 14.8 Å². The molecule has 0 aliphatic heterocycles. The highest BCUT2D eigenvalue weighted by molar-refractivity contribution is 5.80. The van der Waals surface area contributed by atoms with Crippen molar-refractivity contribution in [3.63, 3.8) is 0 Å². The summed E-state index contributed by atoms with van der Waals surface area (Å²) in [6.45, 7) is 3.20. The summed E-state index contributed by atoms with van der Waals surface area (Å²) in [6.07, 6.45) is 3.46. The minimum atomic E-state index is -0.0839. The topological polar surface area (TPSA) is 59.8 Å². The maximum Gasteiger partial charge on any atom is 0.274 e. The minimum Gasteiger partial charge on any atom is -0.370 e. The highest BCUT2D eigenvalue weighted by atomic mass is 16.1. The molecule has 0 radical (unpaired) electrons. The Morgan fingerprint density at radius 1 is 1.19 bits per heavy atom. The predicted octanol–water partition coefficient (Wildman–Crippen LogP) is 2.27. The molecule has 0 fully saturated rings. The van der Waals surface area contributed by atoms with Crippen LogP contribution in [0.25, 0.3) is 10.8 Å². The van der Waals surface area contributed by atoms with Gasteiger partial charge in [0.05, 0.1) is 18.1 Å². The minimum absolute atomic E-state index is 0.0839. The van der Waals surface area contributed by atoms with E-state index in [2.05, 4.69) is 15.4 Å². The molecule has 0 saturated heterocycles. The first-order chi connectivity index (χ1) is 10.3. The molecule has 106 valence electrons.